The van der Waals surface area contributed by atoms with Crippen molar-refractivity contribution < 1.29 is 4.74 Å². The van der Waals surface area contributed by atoms with E-state index in [0.717, 1.165) is 19.6 Å². The van der Waals surface area contributed by atoms with Crippen molar-refractivity contribution in [2.45, 2.75) is 25.5 Å². The number of ether oxygens (including phenoxy) is 1. The molecule has 1 aromatic rings. The van der Waals surface area contributed by atoms with Gasteiger partial charge in [0.2, 0.25) is 0 Å². The van der Waals surface area contributed by atoms with E-state index < -0.39 is 0 Å². The summed E-state index contributed by atoms with van der Waals surface area (Å²) < 4.78 is 5.23. The van der Waals surface area contributed by atoms with Gasteiger partial charge in [0.15, 0.2) is 0 Å². The summed E-state index contributed by atoms with van der Waals surface area (Å²) in [5, 5.41) is 2.14. The molecule has 1 saturated heterocycles. The molecule has 2 nitrogen and oxygen atoms in total. The lowest BCUT2D eigenvalue weighted by Gasteiger charge is -2.23. The van der Waals surface area contributed by atoms with Crippen LogP contribution in [0.3, 0.4) is 0 Å². The zero-order valence-electron chi connectivity index (χ0n) is 8.77. The van der Waals surface area contributed by atoms with E-state index in [2.05, 4.69) is 36.4 Å². The van der Waals surface area contributed by atoms with Gasteiger partial charge in [-0.25, -0.2) is 0 Å². The quantitative estimate of drug-likeness (QED) is 0.692. The Morgan fingerprint density at radius 2 is 2.50 bits per heavy atom. The summed E-state index contributed by atoms with van der Waals surface area (Å²) >= 11 is 1.85. The molecule has 2 heterocycles. The van der Waals surface area contributed by atoms with Crippen LogP contribution in [-0.4, -0.2) is 37.2 Å². The maximum atomic E-state index is 5.23. The van der Waals surface area contributed by atoms with Gasteiger partial charge in [-0.2, -0.15) is 0 Å². The van der Waals surface area contributed by atoms with Gasteiger partial charge in [0, 0.05) is 17.5 Å². The highest BCUT2D eigenvalue weighted by Gasteiger charge is 2.25. The minimum atomic E-state index is 0.505. The number of nitrogens with zero attached hydrogens (tertiary/aromatic N) is 1. The van der Waals surface area contributed by atoms with Crippen molar-refractivity contribution in [3.63, 3.8) is 0 Å². The summed E-state index contributed by atoms with van der Waals surface area (Å²) in [5.74, 6) is 0. The van der Waals surface area contributed by atoms with Gasteiger partial charge < -0.3 is 9.64 Å². The molecule has 0 N–H and O–H groups in total. The minimum Gasteiger partial charge on any atom is -0.372 e. The van der Waals surface area contributed by atoms with Crippen LogP contribution in [0.5, 0.6) is 0 Å². The second-order valence-corrected chi connectivity index (χ2v) is 5.06. The summed E-state index contributed by atoms with van der Waals surface area (Å²) in [4.78, 5) is 3.86. The molecule has 2 atom stereocenters. The summed E-state index contributed by atoms with van der Waals surface area (Å²) in [5.41, 5.74) is 0. The van der Waals surface area contributed by atoms with Crippen molar-refractivity contribution in [1.29, 1.82) is 0 Å². The van der Waals surface area contributed by atoms with Crippen LogP contribution in [0.1, 0.15) is 11.8 Å². The topological polar surface area (TPSA) is 15.8 Å². The van der Waals surface area contributed by atoms with Gasteiger partial charge in [-0.1, -0.05) is 6.07 Å². The smallest absolute Gasteiger partial charge is 0.0936 e. The second-order valence-electron chi connectivity index (χ2n) is 4.03. The fourth-order valence-corrected chi connectivity index (χ4v) is 2.38. The average molecular weight is 211 g/mol. The lowest BCUT2D eigenvalue weighted by molar-refractivity contribution is 0.229. The number of hydrogen-bond donors (Lipinski definition) is 0. The molecule has 0 spiro atoms. The van der Waals surface area contributed by atoms with Gasteiger partial charge in [-0.3, -0.25) is 0 Å². The van der Waals surface area contributed by atoms with Crippen LogP contribution >= 0.6 is 11.3 Å². The first-order valence-electron chi connectivity index (χ1n) is 5.10. The number of likely N-dealkylation sites (N-methyl/N-ethyl adjacent to an activating group) is 1. The lowest BCUT2D eigenvalue weighted by atomic mass is 10.2. The van der Waals surface area contributed by atoms with Crippen molar-refractivity contribution in [3.05, 3.63) is 22.4 Å². The summed E-state index contributed by atoms with van der Waals surface area (Å²) in [6, 6.07) is 4.94. The molecular weight excluding hydrogens is 194 g/mol. The van der Waals surface area contributed by atoms with Gasteiger partial charge >= 0.3 is 0 Å². The van der Waals surface area contributed by atoms with Gasteiger partial charge in [0.05, 0.1) is 12.7 Å². The third kappa shape index (κ3) is 2.80. The van der Waals surface area contributed by atoms with Crippen molar-refractivity contribution in [2.24, 2.45) is 0 Å². The minimum absolute atomic E-state index is 0.505. The highest BCUT2D eigenvalue weighted by atomic mass is 32.1. The monoisotopic (exact) mass is 211 g/mol. The van der Waals surface area contributed by atoms with Gasteiger partial charge in [-0.15, -0.1) is 11.3 Å². The molecule has 2 rings (SSSR count). The molecule has 1 fully saturated rings. The van der Waals surface area contributed by atoms with Crippen LogP contribution in [-0.2, 0) is 11.2 Å². The molecule has 0 aromatic carbocycles. The largest absolute Gasteiger partial charge is 0.372 e. The average Bonchev–Trinajstić information content (AvgIpc) is 2.81. The first-order valence-corrected chi connectivity index (χ1v) is 5.98. The number of rotatable bonds is 5. The summed E-state index contributed by atoms with van der Waals surface area (Å²) in [6.07, 6.45) is 1.66. The van der Waals surface area contributed by atoms with E-state index in [4.69, 9.17) is 4.74 Å². The van der Waals surface area contributed by atoms with E-state index in [1.54, 1.807) is 0 Å². The first kappa shape index (κ1) is 10.1. The highest BCUT2D eigenvalue weighted by molar-refractivity contribution is 7.09. The van der Waals surface area contributed by atoms with Crippen LogP contribution in [0, 0.1) is 0 Å². The molecular formula is C11H17NOS. The molecule has 0 aliphatic carbocycles. The van der Waals surface area contributed by atoms with E-state index >= 15 is 0 Å². The fraction of sp³-hybridized carbons (Fsp3) is 0.636. The zero-order chi connectivity index (χ0) is 9.97. The molecule has 78 valence electrons. The molecule has 0 saturated carbocycles. The van der Waals surface area contributed by atoms with Crippen LogP contribution in [0.25, 0.3) is 0 Å². The van der Waals surface area contributed by atoms with Crippen LogP contribution < -0.4 is 0 Å². The molecule has 1 aliphatic heterocycles. The standard InChI is InChI=1S/C11H17NOS/c1-9(6-11-4-3-5-14-11)12(2)7-10-8-13-10/h3-5,9-10H,6-8H2,1-2H3. The maximum Gasteiger partial charge on any atom is 0.0936 e. The molecule has 1 aromatic heterocycles. The number of thiophene rings is 1. The molecule has 0 radical (unpaired) electrons. The van der Waals surface area contributed by atoms with Crippen LogP contribution in [0.15, 0.2) is 17.5 Å². The van der Waals surface area contributed by atoms with E-state index in [9.17, 15) is 0 Å². The molecule has 0 bridgehead atoms. The zero-order valence-corrected chi connectivity index (χ0v) is 9.59. The van der Waals surface area contributed by atoms with E-state index in [0.29, 0.717) is 12.1 Å². The normalized spacial score (nSPS) is 22.6. The fourth-order valence-electron chi connectivity index (χ4n) is 1.55. The molecule has 2 unspecified atom stereocenters. The first-order chi connectivity index (χ1) is 6.75. The summed E-state index contributed by atoms with van der Waals surface area (Å²) in [6.45, 7) is 4.31. The molecule has 14 heavy (non-hydrogen) atoms. The predicted octanol–water partition coefficient (Wildman–Crippen LogP) is 2.01. The van der Waals surface area contributed by atoms with Crippen molar-refractivity contribution in [2.75, 3.05) is 20.2 Å². The van der Waals surface area contributed by atoms with Crippen molar-refractivity contribution in [3.8, 4) is 0 Å². The number of epoxide rings is 1. The number of hydrogen-bond acceptors (Lipinski definition) is 3. The molecule has 0 amide bonds. The Hall–Kier alpha value is -0.380. The Morgan fingerprint density at radius 3 is 3.07 bits per heavy atom. The van der Waals surface area contributed by atoms with Gasteiger partial charge in [0.25, 0.3) is 0 Å². The van der Waals surface area contributed by atoms with Gasteiger partial charge in [0.1, 0.15) is 0 Å². The Balaban J connectivity index is 1.78. The second kappa shape index (κ2) is 4.43. The third-order valence-electron chi connectivity index (χ3n) is 2.72. The van der Waals surface area contributed by atoms with E-state index in [-0.39, 0.29) is 0 Å². The summed E-state index contributed by atoms with van der Waals surface area (Å²) in [7, 11) is 2.18. The lowest BCUT2D eigenvalue weighted by Crippen LogP contribution is -2.33. The molecule has 1 aliphatic rings. The van der Waals surface area contributed by atoms with Crippen molar-refractivity contribution >= 4 is 11.3 Å². The Labute approximate surface area is 89.5 Å². The highest BCUT2D eigenvalue weighted by Crippen LogP contribution is 2.16. The Kier molecular flexibility index (Phi) is 3.21. The Bertz CT molecular complexity index is 269. The Morgan fingerprint density at radius 1 is 1.71 bits per heavy atom. The van der Waals surface area contributed by atoms with E-state index in [1.807, 2.05) is 11.3 Å². The third-order valence-corrected chi connectivity index (χ3v) is 3.62. The van der Waals surface area contributed by atoms with Crippen molar-refractivity contribution in [1.82, 2.24) is 4.90 Å². The molecule has 3 heteroatoms. The van der Waals surface area contributed by atoms with Crippen LogP contribution in [0.4, 0.5) is 0 Å². The predicted molar refractivity (Wildman–Crippen MR) is 59.9 cm³/mol. The van der Waals surface area contributed by atoms with E-state index in [1.165, 1.54) is 4.88 Å². The van der Waals surface area contributed by atoms with Gasteiger partial charge in [-0.05, 0) is 31.8 Å². The van der Waals surface area contributed by atoms with Crippen LogP contribution in [0.2, 0.25) is 0 Å². The SMILES string of the molecule is CC(Cc1cccs1)N(C)CC1CO1. The maximum absolute atomic E-state index is 5.23.